The maximum atomic E-state index is 13.5. The first-order valence-corrected chi connectivity index (χ1v) is 9.28. The number of alkyl halides is 2. The predicted molar refractivity (Wildman–Crippen MR) is 108 cm³/mol. The van der Waals surface area contributed by atoms with Crippen LogP contribution < -0.4 is 20.1 Å². The Balaban J connectivity index is 1.79. The largest absolute Gasteiger partial charge is 0.493 e. The van der Waals surface area contributed by atoms with Crippen LogP contribution >= 0.6 is 0 Å². The third-order valence-corrected chi connectivity index (χ3v) is 3.92. The van der Waals surface area contributed by atoms with E-state index in [9.17, 15) is 36.3 Å². The fraction of sp³-hybridized carbons (Fsp3) is 0.190. The number of benzene rings is 2. The summed E-state index contributed by atoms with van der Waals surface area (Å²) in [6.45, 7) is -4.48. The molecule has 0 spiro atoms. The third-order valence-electron chi connectivity index (χ3n) is 3.92. The quantitative estimate of drug-likeness (QED) is 0.231. The number of rotatable bonds is 10. The van der Waals surface area contributed by atoms with Crippen molar-refractivity contribution in [2.24, 2.45) is 0 Å². The lowest BCUT2D eigenvalue weighted by atomic mass is 10.2. The second-order valence-corrected chi connectivity index (χ2v) is 6.28. The van der Waals surface area contributed by atoms with E-state index in [1.165, 1.54) is 31.4 Å². The lowest BCUT2D eigenvalue weighted by Gasteiger charge is -2.10. The van der Waals surface area contributed by atoms with Gasteiger partial charge in [-0.2, -0.15) is 8.78 Å². The molecular weight excluding hydrogens is 471 g/mol. The van der Waals surface area contributed by atoms with Gasteiger partial charge in [0.15, 0.2) is 35.6 Å². The fourth-order valence-electron chi connectivity index (χ4n) is 2.38. The van der Waals surface area contributed by atoms with E-state index in [2.05, 4.69) is 14.8 Å². The number of hydrogen-bond donors (Lipinski definition) is 2. The van der Waals surface area contributed by atoms with Crippen molar-refractivity contribution in [1.29, 1.82) is 0 Å². The van der Waals surface area contributed by atoms with E-state index in [0.29, 0.717) is 11.6 Å². The van der Waals surface area contributed by atoms with Crippen molar-refractivity contribution in [1.82, 2.24) is 5.32 Å². The number of amides is 2. The smallest absolute Gasteiger partial charge is 0.387 e. The third kappa shape index (κ3) is 7.76. The first kappa shape index (κ1) is 26.1. The number of anilines is 1. The molecule has 13 heteroatoms. The number of halogens is 5. The van der Waals surface area contributed by atoms with Gasteiger partial charge in [-0.05, 0) is 35.9 Å². The zero-order valence-corrected chi connectivity index (χ0v) is 17.4. The van der Waals surface area contributed by atoms with E-state index in [1.807, 2.05) is 5.32 Å². The van der Waals surface area contributed by atoms with E-state index in [4.69, 9.17) is 4.74 Å². The van der Waals surface area contributed by atoms with Crippen LogP contribution in [-0.2, 0) is 19.1 Å². The van der Waals surface area contributed by atoms with Crippen molar-refractivity contribution < 1.29 is 50.5 Å². The fourth-order valence-corrected chi connectivity index (χ4v) is 2.38. The van der Waals surface area contributed by atoms with E-state index in [-0.39, 0.29) is 11.5 Å². The van der Waals surface area contributed by atoms with Crippen molar-refractivity contribution in [3.05, 3.63) is 59.4 Å². The molecule has 0 bridgehead atoms. The Bertz CT molecular complexity index is 1090. The number of carbonyl (C=O) groups excluding carboxylic acids is 3. The van der Waals surface area contributed by atoms with Gasteiger partial charge in [0.05, 0.1) is 19.3 Å². The Labute approximate surface area is 189 Å². The molecule has 182 valence electrons. The molecule has 2 N–H and O–H groups in total. The Morgan fingerprint density at radius 3 is 2.41 bits per heavy atom. The molecule has 2 aromatic rings. The number of nitrogens with one attached hydrogen (secondary N) is 2. The molecule has 34 heavy (non-hydrogen) atoms. The number of hydrogen-bond acceptors (Lipinski definition) is 6. The minimum absolute atomic E-state index is 0.00303. The van der Waals surface area contributed by atoms with Gasteiger partial charge in [0.25, 0.3) is 5.91 Å². The van der Waals surface area contributed by atoms with Crippen molar-refractivity contribution in [2.75, 3.05) is 25.6 Å². The van der Waals surface area contributed by atoms with Gasteiger partial charge >= 0.3 is 12.6 Å². The highest BCUT2D eigenvalue weighted by Gasteiger charge is 2.16. The maximum absolute atomic E-state index is 13.5. The molecule has 0 aliphatic heterocycles. The molecule has 8 nitrogen and oxygen atoms in total. The van der Waals surface area contributed by atoms with Crippen molar-refractivity contribution >= 4 is 29.5 Å². The molecule has 2 aromatic carbocycles. The van der Waals surface area contributed by atoms with Crippen LogP contribution in [0.5, 0.6) is 11.5 Å². The van der Waals surface area contributed by atoms with Gasteiger partial charge in [0.1, 0.15) is 0 Å². The normalized spacial score (nSPS) is 10.8. The number of ether oxygens (including phenoxy) is 3. The molecule has 0 saturated heterocycles. The Morgan fingerprint density at radius 1 is 1.00 bits per heavy atom. The lowest BCUT2D eigenvalue weighted by molar-refractivity contribution is -0.143. The highest BCUT2D eigenvalue weighted by molar-refractivity contribution is 5.95. The highest BCUT2D eigenvalue weighted by Crippen LogP contribution is 2.29. The Morgan fingerprint density at radius 2 is 1.74 bits per heavy atom. The summed E-state index contributed by atoms with van der Waals surface area (Å²) >= 11 is 0. The topological polar surface area (TPSA) is 103 Å². The summed E-state index contributed by atoms with van der Waals surface area (Å²) in [5.74, 6) is -7.77. The summed E-state index contributed by atoms with van der Waals surface area (Å²) in [7, 11) is 1.24. The number of methoxy groups -OCH3 is 1. The van der Waals surface area contributed by atoms with Crippen LogP contribution in [0.3, 0.4) is 0 Å². The number of esters is 1. The monoisotopic (exact) mass is 488 g/mol. The molecule has 0 aliphatic carbocycles. The molecule has 0 fully saturated rings. The van der Waals surface area contributed by atoms with Crippen molar-refractivity contribution in [2.45, 2.75) is 6.61 Å². The van der Waals surface area contributed by atoms with Gasteiger partial charge in [-0.1, -0.05) is 6.07 Å². The lowest BCUT2D eigenvalue weighted by Crippen LogP contribution is -2.35. The van der Waals surface area contributed by atoms with Crippen LogP contribution in [0, 0.1) is 17.5 Å². The highest BCUT2D eigenvalue weighted by atomic mass is 19.3. The van der Waals surface area contributed by atoms with Crippen LogP contribution in [0.15, 0.2) is 36.4 Å². The molecule has 0 radical (unpaired) electrons. The molecule has 0 unspecified atom stereocenters. The van der Waals surface area contributed by atoms with Gasteiger partial charge in [-0.25, -0.2) is 18.0 Å². The SMILES string of the molecule is COc1cc(/C=C/C(=O)OCC(=O)NCC(=O)Nc2ccc(F)c(F)c2F)ccc1OC(F)F. The first-order chi connectivity index (χ1) is 16.1. The molecule has 0 aliphatic rings. The summed E-state index contributed by atoms with van der Waals surface area (Å²) in [5.41, 5.74) is -0.249. The number of carbonyl (C=O) groups is 3. The van der Waals surface area contributed by atoms with Crippen LogP contribution in [0.2, 0.25) is 0 Å². The van der Waals surface area contributed by atoms with E-state index >= 15 is 0 Å². The van der Waals surface area contributed by atoms with Gasteiger partial charge in [-0.3, -0.25) is 9.59 Å². The van der Waals surface area contributed by atoms with Crippen molar-refractivity contribution in [3.63, 3.8) is 0 Å². The minimum atomic E-state index is -3.05. The van der Waals surface area contributed by atoms with Gasteiger partial charge in [0.2, 0.25) is 5.91 Å². The Kier molecular flexibility index (Phi) is 9.35. The van der Waals surface area contributed by atoms with Crippen LogP contribution in [0.4, 0.5) is 27.6 Å². The molecule has 0 atom stereocenters. The molecule has 2 amide bonds. The first-order valence-electron chi connectivity index (χ1n) is 9.28. The molecule has 0 aromatic heterocycles. The van der Waals surface area contributed by atoms with E-state index in [0.717, 1.165) is 12.1 Å². The second-order valence-electron chi connectivity index (χ2n) is 6.28. The standard InChI is InChI=1S/C21H17F5N2O6/c1-32-15-8-11(2-6-14(15)34-21(25)26)3-7-18(31)33-10-17(30)27-9-16(29)28-13-5-4-12(22)19(23)20(13)24/h2-8,21H,9-10H2,1H3,(H,27,30)(H,28,29)/b7-3+. The summed E-state index contributed by atoms with van der Waals surface area (Å²) in [6, 6.07) is 5.31. The van der Waals surface area contributed by atoms with Gasteiger partial charge in [-0.15, -0.1) is 0 Å². The summed E-state index contributed by atoms with van der Waals surface area (Å²) in [6.07, 6.45) is 2.22. The van der Waals surface area contributed by atoms with Crippen LogP contribution in [0.1, 0.15) is 5.56 Å². The molecule has 0 heterocycles. The Hall–Kier alpha value is -4.16. The summed E-state index contributed by atoms with van der Waals surface area (Å²) < 4.78 is 78.1. The zero-order chi connectivity index (χ0) is 25.3. The van der Waals surface area contributed by atoms with Crippen molar-refractivity contribution in [3.8, 4) is 11.5 Å². The van der Waals surface area contributed by atoms with Gasteiger partial charge in [0, 0.05) is 6.08 Å². The van der Waals surface area contributed by atoms with Gasteiger partial charge < -0.3 is 24.8 Å². The summed E-state index contributed by atoms with van der Waals surface area (Å²) in [4.78, 5) is 35.1. The maximum Gasteiger partial charge on any atom is 0.387 e. The van der Waals surface area contributed by atoms with Crippen LogP contribution in [0.25, 0.3) is 6.08 Å². The molecule has 0 saturated carbocycles. The molecular formula is C21H17F5N2O6. The zero-order valence-electron chi connectivity index (χ0n) is 17.4. The average molecular weight is 488 g/mol. The predicted octanol–water partition coefficient (Wildman–Crippen LogP) is 3.03. The molecule has 2 rings (SSSR count). The van der Waals surface area contributed by atoms with Crippen LogP contribution in [-0.4, -0.2) is 44.7 Å². The van der Waals surface area contributed by atoms with E-state index < -0.39 is 60.7 Å². The second kappa shape index (κ2) is 12.2. The van der Waals surface area contributed by atoms with E-state index in [1.54, 1.807) is 0 Å². The summed E-state index contributed by atoms with van der Waals surface area (Å²) in [5, 5.41) is 4.03. The minimum Gasteiger partial charge on any atom is -0.493 e. The average Bonchev–Trinajstić information content (AvgIpc) is 2.80.